The van der Waals surface area contributed by atoms with Gasteiger partial charge in [-0.15, -0.1) is 9.24 Å². The van der Waals surface area contributed by atoms with E-state index in [1.165, 1.54) is 167 Å². The summed E-state index contributed by atoms with van der Waals surface area (Å²) in [5, 5.41) is 0. The van der Waals surface area contributed by atoms with Crippen LogP contribution in [0.2, 0.25) is 0 Å². The summed E-state index contributed by atoms with van der Waals surface area (Å²) in [4.78, 5) is 28.3. The quantitative estimate of drug-likeness (QED) is 0.0370. The SMILES string of the molecule is CCCCCCCC/C=C\CCCCCCCC(=O)N(C(=O)CCCCCCC/C=C\CCCCCCCC)C(P)CCCCCCC. The summed E-state index contributed by atoms with van der Waals surface area (Å²) in [6, 6.07) is 0. The van der Waals surface area contributed by atoms with Crippen LogP contribution in [0.25, 0.3) is 0 Å². The third kappa shape index (κ3) is 32.3. The minimum absolute atomic E-state index is 0.0546. The number of unbranched alkanes of at least 4 members (excludes halogenated alkanes) is 26. The molecule has 2 amide bonds. The van der Waals surface area contributed by atoms with Gasteiger partial charge in [0.2, 0.25) is 11.8 Å². The number of rotatable bonds is 37. The van der Waals surface area contributed by atoms with Crippen molar-refractivity contribution in [1.29, 1.82) is 0 Å². The van der Waals surface area contributed by atoms with E-state index in [9.17, 15) is 9.59 Å². The molecule has 282 valence electrons. The van der Waals surface area contributed by atoms with Crippen LogP contribution in [0, 0.1) is 0 Å². The van der Waals surface area contributed by atoms with Gasteiger partial charge in [0.25, 0.3) is 0 Å². The smallest absolute Gasteiger partial charge is 0.229 e. The van der Waals surface area contributed by atoms with Crippen LogP contribution in [0.15, 0.2) is 24.3 Å². The molecule has 0 aliphatic rings. The molecule has 0 fully saturated rings. The van der Waals surface area contributed by atoms with Gasteiger partial charge in [0.05, 0.1) is 5.78 Å². The second kappa shape index (κ2) is 38.8. The first kappa shape index (κ1) is 47.0. The zero-order chi connectivity index (χ0) is 35.2. The Morgan fingerprint density at radius 3 is 1.02 bits per heavy atom. The Morgan fingerprint density at radius 1 is 0.417 bits per heavy atom. The molecule has 0 aromatic heterocycles. The Morgan fingerprint density at radius 2 is 0.688 bits per heavy atom. The topological polar surface area (TPSA) is 37.4 Å². The molecule has 0 saturated heterocycles. The molecule has 0 spiro atoms. The van der Waals surface area contributed by atoms with E-state index in [-0.39, 0.29) is 17.6 Å². The van der Waals surface area contributed by atoms with Gasteiger partial charge in [0.1, 0.15) is 0 Å². The van der Waals surface area contributed by atoms with Crippen LogP contribution in [0.4, 0.5) is 0 Å². The maximum atomic E-state index is 13.3. The monoisotopic (exact) mass is 690 g/mol. The predicted molar refractivity (Wildman–Crippen MR) is 218 cm³/mol. The van der Waals surface area contributed by atoms with Crippen LogP contribution in [0.1, 0.15) is 239 Å². The van der Waals surface area contributed by atoms with Gasteiger partial charge in [0.15, 0.2) is 0 Å². The Balaban J connectivity index is 4.25. The van der Waals surface area contributed by atoms with Gasteiger partial charge in [-0.25, -0.2) is 0 Å². The van der Waals surface area contributed by atoms with Gasteiger partial charge in [-0.3, -0.25) is 14.5 Å². The van der Waals surface area contributed by atoms with Crippen LogP contribution < -0.4 is 0 Å². The van der Waals surface area contributed by atoms with Crippen molar-refractivity contribution in [2.45, 2.75) is 245 Å². The minimum Gasteiger partial charge on any atom is -0.276 e. The van der Waals surface area contributed by atoms with Gasteiger partial charge in [0, 0.05) is 12.8 Å². The normalized spacial score (nSPS) is 12.4. The average molecular weight is 690 g/mol. The Bertz CT molecular complexity index is 696. The van der Waals surface area contributed by atoms with Crippen molar-refractivity contribution in [2.75, 3.05) is 0 Å². The van der Waals surface area contributed by atoms with Crippen LogP contribution in [0.5, 0.6) is 0 Å². The number of carbonyl (C=O) groups excluding carboxylic acids is 2. The van der Waals surface area contributed by atoms with Crippen molar-refractivity contribution >= 4 is 21.1 Å². The minimum atomic E-state index is -0.0575. The standard InChI is InChI=1S/C44H84NO2P/c1-4-7-10-13-15-17-19-21-23-25-27-29-31-34-36-39-42(46)45(44(48)41-38-33-12-9-6-3)43(47)40-37-35-32-30-28-26-24-22-20-18-16-14-11-8-5-2/h21-24,44H,4-20,25-41,48H2,1-3H3/b23-21-,24-22-. The molecule has 0 saturated carbocycles. The number of carbonyl (C=O) groups is 2. The third-order valence-corrected chi connectivity index (χ3v) is 10.4. The van der Waals surface area contributed by atoms with Crippen molar-refractivity contribution in [3.63, 3.8) is 0 Å². The van der Waals surface area contributed by atoms with Crippen molar-refractivity contribution in [1.82, 2.24) is 4.90 Å². The molecule has 0 heterocycles. The molecule has 0 radical (unpaired) electrons. The first-order chi connectivity index (χ1) is 23.6. The number of hydrogen-bond donors (Lipinski definition) is 0. The van der Waals surface area contributed by atoms with Crippen LogP contribution in [-0.4, -0.2) is 22.5 Å². The van der Waals surface area contributed by atoms with Gasteiger partial charge >= 0.3 is 0 Å². The lowest BCUT2D eigenvalue weighted by Crippen LogP contribution is -2.41. The van der Waals surface area contributed by atoms with Gasteiger partial charge in [-0.05, 0) is 70.6 Å². The van der Waals surface area contributed by atoms with E-state index in [4.69, 9.17) is 0 Å². The van der Waals surface area contributed by atoms with Crippen molar-refractivity contribution < 1.29 is 9.59 Å². The first-order valence-corrected chi connectivity index (χ1v) is 22.1. The van der Waals surface area contributed by atoms with E-state index in [0.29, 0.717) is 12.8 Å². The lowest BCUT2D eigenvalue weighted by atomic mass is 10.1. The molecule has 2 atom stereocenters. The van der Waals surface area contributed by atoms with Gasteiger partial charge in [-0.1, -0.05) is 180 Å². The van der Waals surface area contributed by atoms with Crippen LogP contribution in [0.3, 0.4) is 0 Å². The van der Waals surface area contributed by atoms with Crippen molar-refractivity contribution in [3.05, 3.63) is 24.3 Å². The zero-order valence-electron chi connectivity index (χ0n) is 32.8. The number of nitrogens with zero attached hydrogens (tertiary/aromatic N) is 1. The molecular weight excluding hydrogens is 605 g/mol. The molecule has 0 aromatic rings. The maximum absolute atomic E-state index is 13.3. The molecule has 3 nitrogen and oxygen atoms in total. The lowest BCUT2D eigenvalue weighted by Gasteiger charge is -2.28. The van der Waals surface area contributed by atoms with E-state index in [2.05, 4.69) is 54.3 Å². The maximum Gasteiger partial charge on any atom is 0.229 e. The summed E-state index contributed by atoms with van der Waals surface area (Å²) in [6.45, 7) is 6.79. The summed E-state index contributed by atoms with van der Waals surface area (Å²) in [7, 11) is 2.84. The molecule has 48 heavy (non-hydrogen) atoms. The van der Waals surface area contributed by atoms with E-state index in [1.807, 2.05) is 0 Å². The van der Waals surface area contributed by atoms with Crippen molar-refractivity contribution in [3.8, 4) is 0 Å². The number of imide groups is 1. The van der Waals surface area contributed by atoms with E-state index < -0.39 is 0 Å². The molecule has 2 unspecified atom stereocenters. The first-order valence-electron chi connectivity index (χ1n) is 21.5. The van der Waals surface area contributed by atoms with Crippen LogP contribution >= 0.6 is 9.24 Å². The predicted octanol–water partition coefficient (Wildman–Crippen LogP) is 15.0. The zero-order valence-corrected chi connectivity index (χ0v) is 33.9. The third-order valence-electron chi connectivity index (χ3n) is 9.78. The highest BCUT2D eigenvalue weighted by Gasteiger charge is 2.25. The second-order valence-electron chi connectivity index (χ2n) is 14.6. The van der Waals surface area contributed by atoms with E-state index in [1.54, 1.807) is 4.90 Å². The number of hydrogen-bond acceptors (Lipinski definition) is 2. The summed E-state index contributed by atoms with van der Waals surface area (Å²) >= 11 is 0. The molecule has 0 aliphatic carbocycles. The summed E-state index contributed by atoms with van der Waals surface area (Å²) in [5.74, 6) is 0.0516. The molecule has 0 N–H and O–H groups in total. The van der Waals surface area contributed by atoms with E-state index >= 15 is 0 Å². The molecule has 0 rings (SSSR count). The van der Waals surface area contributed by atoms with Crippen molar-refractivity contribution in [2.24, 2.45) is 0 Å². The molecule has 0 aromatic carbocycles. The Labute approximate surface area is 303 Å². The fourth-order valence-corrected chi connectivity index (χ4v) is 7.10. The fraction of sp³-hybridized carbons (Fsp3) is 0.864. The number of amides is 2. The molecule has 4 heteroatoms. The Hall–Kier alpha value is -0.950. The summed E-state index contributed by atoms with van der Waals surface area (Å²) in [5.41, 5.74) is 0. The average Bonchev–Trinajstić information content (AvgIpc) is 3.08. The highest BCUT2D eigenvalue weighted by molar-refractivity contribution is 7.17. The highest BCUT2D eigenvalue weighted by Crippen LogP contribution is 2.22. The number of allylic oxidation sites excluding steroid dienone is 4. The highest BCUT2D eigenvalue weighted by atomic mass is 31.0. The second-order valence-corrected chi connectivity index (χ2v) is 15.4. The lowest BCUT2D eigenvalue weighted by molar-refractivity contribution is -0.146. The fourth-order valence-electron chi connectivity index (χ4n) is 6.53. The molecular formula is C44H84NO2P. The van der Waals surface area contributed by atoms with Crippen LogP contribution in [-0.2, 0) is 9.59 Å². The summed E-state index contributed by atoms with van der Waals surface area (Å²) in [6.07, 6.45) is 50.0. The Kier molecular flexibility index (Phi) is 38.1. The summed E-state index contributed by atoms with van der Waals surface area (Å²) < 4.78 is 0. The molecule has 0 aliphatic heterocycles. The largest absolute Gasteiger partial charge is 0.276 e. The van der Waals surface area contributed by atoms with E-state index in [0.717, 1.165) is 38.5 Å². The molecule has 0 bridgehead atoms. The van der Waals surface area contributed by atoms with Gasteiger partial charge in [-0.2, -0.15) is 0 Å². The van der Waals surface area contributed by atoms with Gasteiger partial charge < -0.3 is 0 Å².